The van der Waals surface area contributed by atoms with E-state index in [0.717, 1.165) is 6.42 Å². The molecule has 0 spiro atoms. The summed E-state index contributed by atoms with van der Waals surface area (Å²) in [6, 6.07) is 10.4. The number of rotatable bonds is 2. The summed E-state index contributed by atoms with van der Waals surface area (Å²) in [6.07, 6.45) is 10.3. The predicted octanol–water partition coefficient (Wildman–Crippen LogP) is 1.84. The van der Waals surface area contributed by atoms with Crippen LogP contribution in [0.5, 0.6) is 0 Å². The fourth-order valence-electron chi connectivity index (χ4n) is 2.34. The van der Waals surface area contributed by atoms with E-state index in [9.17, 15) is 0 Å². The monoisotopic (exact) mass is 227 g/mol. The third kappa shape index (κ3) is 2.31. The molecule has 0 bridgehead atoms. The summed E-state index contributed by atoms with van der Waals surface area (Å²) in [7, 11) is 0. The quantitative estimate of drug-likeness (QED) is 0.721. The van der Waals surface area contributed by atoms with E-state index in [1.165, 1.54) is 5.56 Å². The minimum Gasteiger partial charge on any atom is -0.280 e. The van der Waals surface area contributed by atoms with Gasteiger partial charge in [-0.1, -0.05) is 54.6 Å². The summed E-state index contributed by atoms with van der Waals surface area (Å²) in [6.45, 7) is 0. The van der Waals surface area contributed by atoms with Crippen molar-refractivity contribution in [1.29, 1.82) is 0 Å². The first-order valence-electron chi connectivity index (χ1n) is 6.09. The third-order valence-corrected chi connectivity index (χ3v) is 3.30. The molecule has 1 aliphatic carbocycles. The first-order valence-corrected chi connectivity index (χ1v) is 6.09. The largest absolute Gasteiger partial charge is 0.280 e. The van der Waals surface area contributed by atoms with Gasteiger partial charge in [0.2, 0.25) is 0 Å². The number of allylic oxidation sites excluding steroid dienone is 3. The maximum absolute atomic E-state index is 3.57. The lowest BCUT2D eigenvalue weighted by Crippen LogP contribution is -2.40. The number of hydrogen-bond acceptors (Lipinski definition) is 3. The maximum atomic E-state index is 3.57. The van der Waals surface area contributed by atoms with Crippen LogP contribution >= 0.6 is 0 Å². The van der Waals surface area contributed by atoms with Gasteiger partial charge in [-0.25, -0.2) is 10.9 Å². The van der Waals surface area contributed by atoms with Crippen LogP contribution in [0.4, 0.5) is 0 Å². The lowest BCUT2D eigenvalue weighted by molar-refractivity contribution is 0.407. The van der Waals surface area contributed by atoms with Crippen LogP contribution in [0.15, 0.2) is 54.6 Å². The Balaban J connectivity index is 1.66. The Hall–Kier alpha value is -1.42. The van der Waals surface area contributed by atoms with Crippen molar-refractivity contribution in [3.8, 4) is 0 Å². The molecule has 2 aliphatic rings. The van der Waals surface area contributed by atoms with E-state index in [-0.39, 0.29) is 6.17 Å². The van der Waals surface area contributed by atoms with E-state index in [4.69, 9.17) is 0 Å². The van der Waals surface area contributed by atoms with E-state index in [1.54, 1.807) is 0 Å². The average Bonchev–Trinajstić information content (AvgIpc) is 2.90. The molecule has 0 radical (unpaired) electrons. The summed E-state index contributed by atoms with van der Waals surface area (Å²) >= 11 is 0. The van der Waals surface area contributed by atoms with E-state index in [0.29, 0.717) is 12.1 Å². The highest BCUT2D eigenvalue weighted by Gasteiger charge is 2.28. The third-order valence-electron chi connectivity index (χ3n) is 3.30. The van der Waals surface area contributed by atoms with Crippen LogP contribution in [0.25, 0.3) is 0 Å². The van der Waals surface area contributed by atoms with Gasteiger partial charge in [0.05, 0.1) is 12.3 Å². The molecule has 1 saturated heterocycles. The van der Waals surface area contributed by atoms with Crippen LogP contribution in [0.1, 0.15) is 18.2 Å². The fourth-order valence-corrected chi connectivity index (χ4v) is 2.34. The molecule has 0 saturated carbocycles. The Morgan fingerprint density at radius 1 is 1.00 bits per heavy atom. The second kappa shape index (κ2) is 4.84. The first kappa shape index (κ1) is 10.7. The van der Waals surface area contributed by atoms with E-state index < -0.39 is 0 Å². The Kier molecular flexibility index (Phi) is 3.05. The zero-order valence-corrected chi connectivity index (χ0v) is 9.64. The summed E-state index contributed by atoms with van der Waals surface area (Å²) in [5.41, 5.74) is 7.89. The lowest BCUT2D eigenvalue weighted by Gasteiger charge is -2.20. The van der Waals surface area contributed by atoms with Gasteiger partial charge in [-0.3, -0.25) is 5.32 Å². The summed E-state index contributed by atoms with van der Waals surface area (Å²) in [5, 5.41) is 3.57. The van der Waals surface area contributed by atoms with E-state index >= 15 is 0 Å². The normalized spacial score (nSPS) is 31.9. The summed E-state index contributed by atoms with van der Waals surface area (Å²) < 4.78 is 0. The molecule has 3 heteroatoms. The lowest BCUT2D eigenvalue weighted by atomic mass is 9.98. The second-order valence-corrected chi connectivity index (χ2v) is 4.49. The molecule has 3 N–H and O–H groups in total. The Labute approximate surface area is 102 Å². The fraction of sp³-hybridized carbons (Fsp3) is 0.286. The number of nitrogens with one attached hydrogen (secondary N) is 3. The SMILES string of the molecule is C1=CCC(C2NNC(c3ccccc3)N2)C=C1. The molecule has 1 heterocycles. The van der Waals surface area contributed by atoms with Gasteiger partial charge in [-0.05, 0) is 12.0 Å². The van der Waals surface area contributed by atoms with Crippen LogP contribution in [-0.4, -0.2) is 6.17 Å². The molecule has 3 rings (SSSR count). The van der Waals surface area contributed by atoms with E-state index in [2.05, 4.69) is 64.7 Å². The maximum Gasteiger partial charge on any atom is 0.0976 e. The molecule has 88 valence electrons. The Bertz CT molecular complexity index is 424. The van der Waals surface area contributed by atoms with Gasteiger partial charge in [0.25, 0.3) is 0 Å². The van der Waals surface area contributed by atoms with Gasteiger partial charge in [-0.2, -0.15) is 0 Å². The molecule has 3 atom stereocenters. The van der Waals surface area contributed by atoms with Crippen molar-refractivity contribution in [1.82, 2.24) is 16.2 Å². The van der Waals surface area contributed by atoms with Crippen molar-refractivity contribution in [3.63, 3.8) is 0 Å². The van der Waals surface area contributed by atoms with E-state index in [1.807, 2.05) is 6.07 Å². The zero-order valence-electron chi connectivity index (χ0n) is 9.64. The molecule has 17 heavy (non-hydrogen) atoms. The van der Waals surface area contributed by atoms with Crippen molar-refractivity contribution in [2.24, 2.45) is 5.92 Å². The van der Waals surface area contributed by atoms with Crippen molar-refractivity contribution in [2.45, 2.75) is 18.8 Å². The molecular formula is C14H17N3. The van der Waals surface area contributed by atoms with Crippen LogP contribution in [-0.2, 0) is 0 Å². The molecule has 1 fully saturated rings. The molecule has 3 unspecified atom stereocenters. The van der Waals surface area contributed by atoms with Gasteiger partial charge in [-0.15, -0.1) is 0 Å². The van der Waals surface area contributed by atoms with Crippen molar-refractivity contribution in [2.75, 3.05) is 0 Å². The highest BCUT2D eigenvalue weighted by molar-refractivity contribution is 5.20. The molecule has 1 aromatic carbocycles. The van der Waals surface area contributed by atoms with Crippen LogP contribution < -0.4 is 16.2 Å². The number of hydrazine groups is 1. The smallest absolute Gasteiger partial charge is 0.0976 e. The highest BCUT2D eigenvalue weighted by atomic mass is 15.5. The summed E-state index contributed by atoms with van der Waals surface area (Å²) in [4.78, 5) is 0. The van der Waals surface area contributed by atoms with Crippen molar-refractivity contribution < 1.29 is 0 Å². The molecule has 3 nitrogen and oxygen atoms in total. The Morgan fingerprint density at radius 3 is 2.65 bits per heavy atom. The van der Waals surface area contributed by atoms with Gasteiger partial charge in [0, 0.05) is 5.92 Å². The molecular weight excluding hydrogens is 210 g/mol. The molecule has 1 aliphatic heterocycles. The minimum atomic E-state index is 0.195. The zero-order chi connectivity index (χ0) is 11.5. The first-order chi connectivity index (χ1) is 8.43. The number of hydrogen-bond donors (Lipinski definition) is 3. The standard InChI is InChI=1S/C14H17N3/c1-3-7-11(8-4-1)13-15-14(17-16-13)12-9-5-2-6-10-12/h1-9,12-17H,10H2. The van der Waals surface area contributed by atoms with Gasteiger partial charge < -0.3 is 0 Å². The molecule has 1 aromatic rings. The Morgan fingerprint density at radius 2 is 1.88 bits per heavy atom. The van der Waals surface area contributed by atoms with Crippen LogP contribution in [0.2, 0.25) is 0 Å². The topological polar surface area (TPSA) is 36.1 Å². The minimum absolute atomic E-state index is 0.195. The van der Waals surface area contributed by atoms with Crippen molar-refractivity contribution in [3.05, 3.63) is 60.2 Å². The van der Waals surface area contributed by atoms with Crippen molar-refractivity contribution >= 4 is 0 Å². The van der Waals surface area contributed by atoms with Gasteiger partial charge in [0.15, 0.2) is 0 Å². The average molecular weight is 227 g/mol. The number of benzene rings is 1. The summed E-state index contributed by atoms with van der Waals surface area (Å²) in [5.74, 6) is 0.515. The highest BCUT2D eigenvalue weighted by Crippen LogP contribution is 2.20. The molecule has 0 aromatic heterocycles. The predicted molar refractivity (Wildman–Crippen MR) is 68.8 cm³/mol. The van der Waals surface area contributed by atoms with Crippen LogP contribution in [0.3, 0.4) is 0 Å². The van der Waals surface area contributed by atoms with Crippen LogP contribution in [0, 0.1) is 5.92 Å². The molecule has 0 amide bonds. The second-order valence-electron chi connectivity index (χ2n) is 4.49. The van der Waals surface area contributed by atoms with Gasteiger partial charge in [0.1, 0.15) is 0 Å². The van der Waals surface area contributed by atoms with Gasteiger partial charge >= 0.3 is 0 Å².